The van der Waals surface area contributed by atoms with Gasteiger partial charge in [0.1, 0.15) is 0 Å². The lowest BCUT2D eigenvalue weighted by Gasteiger charge is -2.14. The number of halogens is 1. The van der Waals surface area contributed by atoms with E-state index in [9.17, 15) is 4.80 Å². The van der Waals surface area contributed by atoms with Crippen molar-refractivity contribution in [3.05, 3.63) is 35.4 Å². The maximum Gasteiger partial charge on any atom is 0.329 e. The molecule has 0 heterocycles. The number of alkyl halides is 1. The molecule has 0 bridgehead atoms. The molecule has 0 fully saturated rings. The summed E-state index contributed by atoms with van der Waals surface area (Å²) < 4.78 is 5.35. The molecule has 0 aliphatic rings. The highest BCUT2D eigenvalue weighted by molar-refractivity contribution is 6.63. The first kappa shape index (κ1) is 11.7. The quantitative estimate of drug-likeness (QED) is 0.637. The van der Waals surface area contributed by atoms with Gasteiger partial charge in [-0.05, 0) is 24.2 Å². The Balaban J connectivity index is 2.52. The minimum Gasteiger partial charge on any atom is -0.411 e. The Hall–Kier alpha value is -0.353. The molecule has 78 valence electrons. The molecule has 0 radical (unpaired) electrons. The Morgan fingerprint density at radius 3 is 2.14 bits per heavy atom. The molecular weight excluding hydrogens is 216 g/mol. The van der Waals surface area contributed by atoms with E-state index < -0.39 is 8.56 Å². The molecule has 0 saturated carbocycles. The minimum atomic E-state index is -2.39. The average Bonchev–Trinajstić information content (AvgIpc) is 2.14. The standard InChI is InChI=1S/C10H15ClO2Si/c1-14(2,12)13-8-10-5-3-9(7-11)4-6-10/h3-6,12H,7-8H2,1-2H3. The van der Waals surface area contributed by atoms with Crippen molar-refractivity contribution in [1.82, 2.24) is 0 Å². The van der Waals surface area contributed by atoms with Crippen LogP contribution in [0.25, 0.3) is 0 Å². The van der Waals surface area contributed by atoms with Crippen LogP contribution in [-0.4, -0.2) is 13.4 Å². The van der Waals surface area contributed by atoms with Gasteiger partial charge in [-0.15, -0.1) is 11.6 Å². The smallest absolute Gasteiger partial charge is 0.329 e. The third kappa shape index (κ3) is 4.24. The van der Waals surface area contributed by atoms with Crippen LogP contribution in [0.5, 0.6) is 0 Å². The van der Waals surface area contributed by atoms with Gasteiger partial charge in [0.05, 0.1) is 6.61 Å². The molecule has 1 aromatic rings. The molecule has 0 saturated heterocycles. The molecule has 0 aliphatic carbocycles. The van der Waals surface area contributed by atoms with Gasteiger partial charge in [-0.3, -0.25) is 0 Å². The molecule has 0 spiro atoms. The zero-order chi connectivity index (χ0) is 10.6. The minimum absolute atomic E-state index is 0.471. The SMILES string of the molecule is C[Si](C)(O)OCc1ccc(CCl)cc1. The summed E-state index contributed by atoms with van der Waals surface area (Å²) in [6, 6.07) is 7.88. The highest BCUT2D eigenvalue weighted by atomic mass is 35.5. The lowest BCUT2D eigenvalue weighted by Crippen LogP contribution is -2.29. The van der Waals surface area contributed by atoms with Crippen molar-refractivity contribution in [2.24, 2.45) is 0 Å². The van der Waals surface area contributed by atoms with Gasteiger partial charge in [-0.1, -0.05) is 24.3 Å². The predicted molar refractivity (Wildman–Crippen MR) is 60.5 cm³/mol. The van der Waals surface area contributed by atoms with Gasteiger partial charge in [0.15, 0.2) is 0 Å². The van der Waals surface area contributed by atoms with Crippen LogP contribution in [0.4, 0.5) is 0 Å². The van der Waals surface area contributed by atoms with E-state index in [0.717, 1.165) is 11.1 Å². The van der Waals surface area contributed by atoms with E-state index in [1.807, 2.05) is 24.3 Å². The van der Waals surface area contributed by atoms with Crippen molar-refractivity contribution >= 4 is 20.2 Å². The van der Waals surface area contributed by atoms with Crippen molar-refractivity contribution in [2.75, 3.05) is 0 Å². The molecule has 1 rings (SSSR count). The molecule has 2 nitrogen and oxygen atoms in total. The molecule has 0 atom stereocenters. The zero-order valence-corrected chi connectivity index (χ0v) is 10.2. The predicted octanol–water partition coefficient (Wildman–Crippen LogP) is 2.64. The van der Waals surface area contributed by atoms with Crippen LogP contribution >= 0.6 is 11.6 Å². The van der Waals surface area contributed by atoms with Gasteiger partial charge in [-0.2, -0.15) is 0 Å². The molecule has 0 aromatic heterocycles. The summed E-state index contributed by atoms with van der Waals surface area (Å²) in [5, 5.41) is 0. The van der Waals surface area contributed by atoms with Crippen molar-refractivity contribution in [3.8, 4) is 0 Å². The fourth-order valence-electron chi connectivity index (χ4n) is 0.985. The van der Waals surface area contributed by atoms with Crippen LogP contribution in [0.1, 0.15) is 11.1 Å². The van der Waals surface area contributed by atoms with Crippen molar-refractivity contribution in [2.45, 2.75) is 25.6 Å². The summed E-state index contributed by atoms with van der Waals surface area (Å²) in [6.07, 6.45) is 0. The maximum absolute atomic E-state index is 9.48. The van der Waals surface area contributed by atoms with Gasteiger partial charge >= 0.3 is 8.56 Å². The van der Waals surface area contributed by atoms with Gasteiger partial charge in [0, 0.05) is 5.88 Å². The fraction of sp³-hybridized carbons (Fsp3) is 0.400. The zero-order valence-electron chi connectivity index (χ0n) is 8.46. The Morgan fingerprint density at radius 1 is 1.21 bits per heavy atom. The van der Waals surface area contributed by atoms with Gasteiger partial charge in [0.2, 0.25) is 0 Å². The largest absolute Gasteiger partial charge is 0.411 e. The summed E-state index contributed by atoms with van der Waals surface area (Å²) in [6.45, 7) is 3.97. The highest BCUT2D eigenvalue weighted by Gasteiger charge is 2.17. The van der Waals surface area contributed by atoms with E-state index >= 15 is 0 Å². The maximum atomic E-state index is 9.48. The number of hydrogen-bond acceptors (Lipinski definition) is 2. The van der Waals surface area contributed by atoms with Crippen LogP contribution in [0.3, 0.4) is 0 Å². The molecule has 4 heteroatoms. The topological polar surface area (TPSA) is 29.5 Å². The third-order valence-corrected chi connectivity index (χ3v) is 2.93. The Kier molecular flexibility index (Phi) is 4.13. The molecule has 0 aliphatic heterocycles. The second-order valence-electron chi connectivity index (χ2n) is 3.69. The monoisotopic (exact) mass is 230 g/mol. The first-order valence-corrected chi connectivity index (χ1v) is 7.90. The third-order valence-electron chi connectivity index (χ3n) is 1.77. The van der Waals surface area contributed by atoms with Crippen molar-refractivity contribution in [3.63, 3.8) is 0 Å². The second-order valence-corrected chi connectivity index (χ2v) is 7.13. The average molecular weight is 231 g/mol. The van der Waals surface area contributed by atoms with E-state index in [0.29, 0.717) is 12.5 Å². The van der Waals surface area contributed by atoms with Crippen LogP contribution in [0, 0.1) is 0 Å². The first-order valence-electron chi connectivity index (χ1n) is 4.51. The molecule has 1 aromatic carbocycles. The van der Waals surface area contributed by atoms with Crippen LogP contribution in [0.15, 0.2) is 24.3 Å². The molecule has 14 heavy (non-hydrogen) atoms. The van der Waals surface area contributed by atoms with Crippen LogP contribution in [0.2, 0.25) is 13.1 Å². The van der Waals surface area contributed by atoms with E-state index in [1.54, 1.807) is 13.1 Å². The van der Waals surface area contributed by atoms with E-state index in [-0.39, 0.29) is 0 Å². The summed E-state index contributed by atoms with van der Waals surface area (Å²) in [4.78, 5) is 9.48. The Bertz CT molecular complexity index is 279. The summed E-state index contributed by atoms with van der Waals surface area (Å²) in [5.41, 5.74) is 2.16. The lowest BCUT2D eigenvalue weighted by molar-refractivity contribution is 0.231. The van der Waals surface area contributed by atoms with Gasteiger partial charge < -0.3 is 9.22 Å². The van der Waals surface area contributed by atoms with E-state index in [1.165, 1.54) is 0 Å². The molecular formula is C10H15ClO2Si. The molecule has 0 unspecified atom stereocenters. The van der Waals surface area contributed by atoms with Crippen molar-refractivity contribution < 1.29 is 9.22 Å². The Morgan fingerprint density at radius 2 is 1.71 bits per heavy atom. The fourth-order valence-corrected chi connectivity index (χ4v) is 1.68. The second kappa shape index (κ2) is 4.93. The van der Waals surface area contributed by atoms with Crippen molar-refractivity contribution in [1.29, 1.82) is 0 Å². The van der Waals surface area contributed by atoms with E-state index in [4.69, 9.17) is 16.0 Å². The summed E-state index contributed by atoms with van der Waals surface area (Å²) in [5.74, 6) is 0.529. The molecule has 0 amide bonds. The van der Waals surface area contributed by atoms with Gasteiger partial charge in [0.25, 0.3) is 0 Å². The number of benzene rings is 1. The first-order chi connectivity index (χ1) is 6.51. The van der Waals surface area contributed by atoms with Crippen LogP contribution in [-0.2, 0) is 16.9 Å². The van der Waals surface area contributed by atoms with E-state index in [2.05, 4.69) is 0 Å². The Labute approximate surface area is 90.7 Å². The normalized spacial score (nSPS) is 11.7. The van der Waals surface area contributed by atoms with Gasteiger partial charge in [-0.25, -0.2) is 0 Å². The van der Waals surface area contributed by atoms with Crippen LogP contribution < -0.4 is 0 Å². The number of rotatable bonds is 4. The summed E-state index contributed by atoms with van der Waals surface area (Å²) in [7, 11) is -2.39. The summed E-state index contributed by atoms with van der Waals surface area (Å²) >= 11 is 5.66. The number of hydrogen-bond donors (Lipinski definition) is 1. The molecule has 1 N–H and O–H groups in total. The lowest BCUT2D eigenvalue weighted by atomic mass is 10.2. The highest BCUT2D eigenvalue weighted by Crippen LogP contribution is 2.10.